The molecule has 3 rings (SSSR count). The molecular weight excluding hydrogens is 466 g/mol. The number of rotatable bonds is 10. The minimum Gasteiger partial charge on any atom is -0.493 e. The average Bonchev–Trinajstić information content (AvgIpc) is 2.81. The highest BCUT2D eigenvalue weighted by Gasteiger charge is 2.17. The lowest BCUT2D eigenvalue weighted by Crippen LogP contribution is -2.32. The van der Waals surface area contributed by atoms with Crippen LogP contribution in [0.25, 0.3) is 0 Å². The van der Waals surface area contributed by atoms with E-state index in [1.807, 2.05) is 18.2 Å². The average molecular weight is 493 g/mol. The summed E-state index contributed by atoms with van der Waals surface area (Å²) in [4.78, 5) is 14.8. The van der Waals surface area contributed by atoms with Gasteiger partial charge in [-0.3, -0.25) is 4.79 Å². The first-order chi connectivity index (χ1) is 15.5. The van der Waals surface area contributed by atoms with Crippen LogP contribution in [0.3, 0.4) is 0 Å². The molecule has 3 aromatic carbocycles. The normalized spacial score (nSPS) is 10.3. The number of benzene rings is 3. The van der Waals surface area contributed by atoms with Gasteiger partial charge in [0.05, 0.1) is 7.11 Å². The molecule has 0 aliphatic carbocycles. The first-order valence-electron chi connectivity index (χ1n) is 10.3. The standard InChI is InChI=1S/C25H26ClFN2O3.ClH/c1-31-24-15-19(5-12-23(24)32-17-18-3-10-22(27)11-4-18)16-29(14-2-13-28)25(30)20-6-8-21(26)9-7-20;/h3-12,15H,2,13-14,16-17,28H2,1H3;1H. The summed E-state index contributed by atoms with van der Waals surface area (Å²) in [6, 6.07) is 18.5. The van der Waals surface area contributed by atoms with E-state index in [0.29, 0.717) is 48.1 Å². The van der Waals surface area contributed by atoms with Crippen molar-refractivity contribution in [2.24, 2.45) is 5.73 Å². The molecule has 0 aliphatic heterocycles. The largest absolute Gasteiger partial charge is 0.493 e. The Labute approximate surface area is 204 Å². The minimum atomic E-state index is -0.289. The van der Waals surface area contributed by atoms with Crippen LogP contribution in [0.15, 0.2) is 66.7 Å². The molecule has 2 N–H and O–H groups in total. The second kappa shape index (κ2) is 13.0. The van der Waals surface area contributed by atoms with Gasteiger partial charge < -0.3 is 20.1 Å². The Kier molecular flexibility index (Phi) is 10.5. The first-order valence-corrected chi connectivity index (χ1v) is 10.7. The minimum absolute atomic E-state index is 0. The Morgan fingerprint density at radius 3 is 2.30 bits per heavy atom. The zero-order valence-corrected chi connectivity index (χ0v) is 19.9. The van der Waals surface area contributed by atoms with Crippen molar-refractivity contribution in [1.29, 1.82) is 0 Å². The van der Waals surface area contributed by atoms with Gasteiger partial charge in [-0.05, 0) is 72.6 Å². The maximum absolute atomic E-state index is 13.1. The number of halogens is 3. The third kappa shape index (κ3) is 7.63. The monoisotopic (exact) mass is 492 g/mol. The highest BCUT2D eigenvalue weighted by atomic mass is 35.5. The maximum atomic E-state index is 13.1. The van der Waals surface area contributed by atoms with Gasteiger partial charge in [-0.2, -0.15) is 0 Å². The highest BCUT2D eigenvalue weighted by molar-refractivity contribution is 6.30. The van der Waals surface area contributed by atoms with E-state index in [2.05, 4.69) is 0 Å². The molecule has 0 heterocycles. The quantitative estimate of drug-likeness (QED) is 0.406. The van der Waals surface area contributed by atoms with Crippen LogP contribution in [0, 0.1) is 5.82 Å². The second-order valence-corrected chi connectivity index (χ2v) is 7.71. The molecule has 0 aliphatic rings. The van der Waals surface area contributed by atoms with Crippen LogP contribution in [0.4, 0.5) is 4.39 Å². The Morgan fingerprint density at radius 1 is 1.00 bits per heavy atom. The molecule has 8 heteroatoms. The topological polar surface area (TPSA) is 64.8 Å². The van der Waals surface area contributed by atoms with Gasteiger partial charge in [-0.1, -0.05) is 29.8 Å². The van der Waals surface area contributed by atoms with E-state index in [0.717, 1.165) is 11.1 Å². The van der Waals surface area contributed by atoms with Crippen molar-refractivity contribution in [3.8, 4) is 11.5 Å². The van der Waals surface area contributed by atoms with Gasteiger partial charge in [0.15, 0.2) is 11.5 Å². The smallest absolute Gasteiger partial charge is 0.254 e. The molecule has 33 heavy (non-hydrogen) atoms. The first kappa shape index (κ1) is 26.5. The van der Waals surface area contributed by atoms with Gasteiger partial charge in [0, 0.05) is 23.7 Å². The molecule has 0 unspecified atom stereocenters. The lowest BCUT2D eigenvalue weighted by molar-refractivity contribution is 0.0742. The van der Waals surface area contributed by atoms with E-state index in [1.165, 1.54) is 12.1 Å². The van der Waals surface area contributed by atoms with Gasteiger partial charge in [0.1, 0.15) is 12.4 Å². The maximum Gasteiger partial charge on any atom is 0.254 e. The lowest BCUT2D eigenvalue weighted by Gasteiger charge is -2.23. The molecule has 1 amide bonds. The number of hydrogen-bond acceptors (Lipinski definition) is 4. The van der Waals surface area contributed by atoms with E-state index in [-0.39, 0.29) is 30.7 Å². The fraction of sp³-hybridized carbons (Fsp3) is 0.240. The molecule has 5 nitrogen and oxygen atoms in total. The predicted octanol–water partition coefficient (Wildman–Crippen LogP) is 5.48. The van der Waals surface area contributed by atoms with Gasteiger partial charge in [0.2, 0.25) is 0 Å². The Balaban J connectivity index is 0.00000385. The van der Waals surface area contributed by atoms with E-state index >= 15 is 0 Å². The van der Waals surface area contributed by atoms with Crippen molar-refractivity contribution in [3.63, 3.8) is 0 Å². The number of ether oxygens (including phenoxy) is 2. The summed E-state index contributed by atoms with van der Waals surface area (Å²) in [5.74, 6) is 0.745. The van der Waals surface area contributed by atoms with E-state index in [9.17, 15) is 9.18 Å². The summed E-state index contributed by atoms with van der Waals surface area (Å²) >= 11 is 5.95. The molecule has 0 fully saturated rings. The SMILES string of the molecule is COc1cc(CN(CCCN)C(=O)c2ccc(Cl)cc2)ccc1OCc1ccc(F)cc1.Cl. The van der Waals surface area contributed by atoms with Crippen molar-refractivity contribution < 1.29 is 18.7 Å². The molecule has 0 saturated heterocycles. The van der Waals surface area contributed by atoms with Crippen LogP contribution < -0.4 is 15.2 Å². The van der Waals surface area contributed by atoms with Crippen molar-refractivity contribution >= 4 is 29.9 Å². The van der Waals surface area contributed by atoms with Crippen molar-refractivity contribution in [1.82, 2.24) is 4.90 Å². The van der Waals surface area contributed by atoms with Crippen molar-refractivity contribution in [2.75, 3.05) is 20.2 Å². The summed E-state index contributed by atoms with van der Waals surface area (Å²) in [5, 5.41) is 0.580. The van der Waals surface area contributed by atoms with E-state index in [1.54, 1.807) is 48.4 Å². The zero-order chi connectivity index (χ0) is 22.9. The number of amides is 1. The second-order valence-electron chi connectivity index (χ2n) is 7.28. The summed E-state index contributed by atoms with van der Waals surface area (Å²) in [6.45, 7) is 1.71. The van der Waals surface area contributed by atoms with E-state index < -0.39 is 0 Å². The highest BCUT2D eigenvalue weighted by Crippen LogP contribution is 2.29. The number of methoxy groups -OCH3 is 1. The summed E-state index contributed by atoms with van der Waals surface area (Å²) in [7, 11) is 1.56. The van der Waals surface area contributed by atoms with Crippen LogP contribution in [0.5, 0.6) is 11.5 Å². The van der Waals surface area contributed by atoms with Crippen LogP contribution in [-0.2, 0) is 13.2 Å². The molecule has 0 bridgehead atoms. The number of carbonyl (C=O) groups excluding carboxylic acids is 1. The number of nitrogens with zero attached hydrogens (tertiary/aromatic N) is 1. The molecule has 0 saturated carbocycles. The third-order valence-electron chi connectivity index (χ3n) is 4.92. The molecule has 176 valence electrons. The molecule has 0 radical (unpaired) electrons. The Hall–Kier alpha value is -2.80. The number of nitrogens with two attached hydrogens (primary N) is 1. The van der Waals surface area contributed by atoms with Crippen LogP contribution in [-0.4, -0.2) is 31.0 Å². The molecular formula is C25H27Cl2FN2O3. The van der Waals surface area contributed by atoms with Gasteiger partial charge in [-0.15, -0.1) is 12.4 Å². The third-order valence-corrected chi connectivity index (χ3v) is 5.17. The van der Waals surface area contributed by atoms with E-state index in [4.69, 9.17) is 26.8 Å². The number of carbonyl (C=O) groups is 1. The van der Waals surface area contributed by atoms with Gasteiger partial charge in [-0.25, -0.2) is 4.39 Å². The molecule has 0 spiro atoms. The molecule has 3 aromatic rings. The van der Waals surface area contributed by atoms with Crippen LogP contribution >= 0.6 is 24.0 Å². The molecule has 0 atom stereocenters. The fourth-order valence-corrected chi connectivity index (χ4v) is 3.33. The summed E-state index contributed by atoms with van der Waals surface area (Å²) in [5.41, 5.74) is 7.98. The van der Waals surface area contributed by atoms with Gasteiger partial charge >= 0.3 is 0 Å². The predicted molar refractivity (Wildman–Crippen MR) is 131 cm³/mol. The van der Waals surface area contributed by atoms with Crippen LogP contribution in [0.2, 0.25) is 5.02 Å². The summed E-state index contributed by atoms with van der Waals surface area (Å²) < 4.78 is 24.4. The molecule has 0 aromatic heterocycles. The Bertz CT molecular complexity index is 1030. The number of hydrogen-bond donors (Lipinski definition) is 1. The van der Waals surface area contributed by atoms with Crippen LogP contribution in [0.1, 0.15) is 27.9 Å². The lowest BCUT2D eigenvalue weighted by atomic mass is 10.1. The fourth-order valence-electron chi connectivity index (χ4n) is 3.20. The van der Waals surface area contributed by atoms with Crippen molar-refractivity contribution in [3.05, 3.63) is 94.3 Å². The van der Waals surface area contributed by atoms with Crippen molar-refractivity contribution in [2.45, 2.75) is 19.6 Å². The zero-order valence-electron chi connectivity index (χ0n) is 18.3. The summed E-state index contributed by atoms with van der Waals surface area (Å²) in [6.07, 6.45) is 0.690. The van der Waals surface area contributed by atoms with Gasteiger partial charge in [0.25, 0.3) is 5.91 Å². The Morgan fingerprint density at radius 2 is 1.67 bits per heavy atom.